The summed E-state index contributed by atoms with van der Waals surface area (Å²) < 4.78 is 17.5. The summed E-state index contributed by atoms with van der Waals surface area (Å²) in [4.78, 5) is 12.0. The average molecular weight is 437 g/mol. The summed E-state index contributed by atoms with van der Waals surface area (Å²) in [5.41, 5.74) is 0.540. The van der Waals surface area contributed by atoms with Crippen molar-refractivity contribution in [2.75, 3.05) is 13.2 Å². The van der Waals surface area contributed by atoms with Gasteiger partial charge in [-0.2, -0.15) is 0 Å². The number of carbonyl (C=O) groups excluding carboxylic acids is 1. The molecule has 0 aromatic rings. The van der Waals surface area contributed by atoms with Gasteiger partial charge in [0.15, 0.2) is 16.6 Å². The van der Waals surface area contributed by atoms with Gasteiger partial charge >= 0.3 is 5.97 Å². The Hall–Kier alpha value is -1.22. The van der Waals surface area contributed by atoms with Crippen LogP contribution in [0.25, 0.3) is 0 Å². The fourth-order valence-electron chi connectivity index (χ4n) is 1.94. The van der Waals surface area contributed by atoms with E-state index in [0.717, 1.165) is 0 Å². The molecule has 0 aromatic heterocycles. The second kappa shape index (κ2) is 9.73. The number of rotatable bonds is 8. The molecule has 29 heavy (non-hydrogen) atoms. The quantitative estimate of drug-likeness (QED) is 0.247. The molecule has 0 aliphatic carbocycles. The van der Waals surface area contributed by atoms with E-state index in [1.54, 1.807) is 12.2 Å². The van der Waals surface area contributed by atoms with Crippen LogP contribution < -0.4 is 0 Å². The van der Waals surface area contributed by atoms with Gasteiger partial charge in [0, 0.05) is 0 Å². The number of cyclic esters (lactones) is 1. The van der Waals surface area contributed by atoms with E-state index in [-0.39, 0.29) is 16.0 Å². The van der Waals surface area contributed by atoms with Crippen molar-refractivity contribution in [2.24, 2.45) is 0 Å². The molecular weight excluding hydrogens is 396 g/mol. The van der Waals surface area contributed by atoms with Crippen LogP contribution in [-0.2, 0) is 18.4 Å². The lowest BCUT2D eigenvalue weighted by Gasteiger charge is -2.35. The van der Waals surface area contributed by atoms with Gasteiger partial charge in [-0.15, -0.1) is 0 Å². The van der Waals surface area contributed by atoms with Crippen LogP contribution in [-0.4, -0.2) is 35.8 Å². The normalized spacial score (nSPS) is 18.2. The minimum absolute atomic E-state index is 0.155. The van der Waals surface area contributed by atoms with Gasteiger partial charge in [0.05, 0.1) is 18.8 Å². The van der Waals surface area contributed by atoms with Crippen molar-refractivity contribution in [3.8, 4) is 0 Å². The summed E-state index contributed by atoms with van der Waals surface area (Å²) >= 11 is 0. The number of hydrogen-bond donors (Lipinski definition) is 0. The largest absolute Gasteiger partial charge is 0.423 e. The molecule has 0 N–H and O–H groups in total. The highest BCUT2D eigenvalue weighted by Crippen LogP contribution is 2.37. The minimum atomic E-state index is -1.81. The molecule has 1 aliphatic heterocycles. The summed E-state index contributed by atoms with van der Waals surface area (Å²) in [5, 5.41) is 0.356. The van der Waals surface area contributed by atoms with E-state index >= 15 is 0 Å². The van der Waals surface area contributed by atoms with Crippen molar-refractivity contribution in [2.45, 2.75) is 77.8 Å². The van der Waals surface area contributed by atoms with Gasteiger partial charge in [-0.05, 0) is 54.5 Å². The second-order valence-corrected chi connectivity index (χ2v) is 20.1. The summed E-state index contributed by atoms with van der Waals surface area (Å²) in [5.74, 6) is 0.226. The molecule has 0 aromatic carbocycles. The highest BCUT2D eigenvalue weighted by atomic mass is 28.4. The molecule has 6 heteroatoms. The van der Waals surface area contributed by atoms with Gasteiger partial charge in [-0.3, -0.25) is 0 Å². The number of carbonyl (C=O) groups is 1. The van der Waals surface area contributed by atoms with E-state index in [1.807, 2.05) is 24.3 Å². The SMILES string of the molecule is CC(C)(C)[Si](C)(C)OC/C=C/C=C/C1=CC(=C\CO[Si](C)(C)C(C)(C)C)/OC1=O. The maximum Gasteiger partial charge on any atom is 0.343 e. The summed E-state index contributed by atoms with van der Waals surface area (Å²) in [6, 6.07) is 0. The maximum absolute atomic E-state index is 12.0. The molecule has 0 fully saturated rings. The molecule has 0 unspecified atom stereocenters. The maximum atomic E-state index is 12.0. The molecule has 0 amide bonds. The molecule has 1 rings (SSSR count). The number of hydrogen-bond acceptors (Lipinski definition) is 4. The molecule has 0 atom stereocenters. The monoisotopic (exact) mass is 436 g/mol. The Balaban J connectivity index is 2.57. The van der Waals surface area contributed by atoms with Crippen molar-refractivity contribution in [1.82, 2.24) is 0 Å². The molecule has 0 radical (unpaired) electrons. The van der Waals surface area contributed by atoms with E-state index in [2.05, 4.69) is 67.7 Å². The van der Waals surface area contributed by atoms with E-state index in [1.165, 1.54) is 0 Å². The first-order chi connectivity index (χ1) is 13.1. The Labute approximate surface area is 180 Å². The summed E-state index contributed by atoms with van der Waals surface area (Å²) in [6.45, 7) is 23.2. The van der Waals surface area contributed by atoms with Gasteiger partial charge in [0.2, 0.25) is 0 Å². The van der Waals surface area contributed by atoms with Gasteiger partial charge in [-0.1, -0.05) is 59.8 Å². The first kappa shape index (κ1) is 25.8. The molecule has 0 spiro atoms. The standard InChI is InChI=1S/C23H40O4Si2/c1-22(2,3)28(7,8)25-16-13-11-12-14-19-18-20(27-21(19)24)15-17-26-29(9,10)23(4,5)6/h11-15,18H,16-17H2,1-10H3/b13-11+,14-12+,20-15+. The molecule has 0 saturated carbocycles. The zero-order valence-electron chi connectivity index (χ0n) is 20.0. The smallest absolute Gasteiger partial charge is 0.343 e. The lowest BCUT2D eigenvalue weighted by atomic mass is 10.2. The highest BCUT2D eigenvalue weighted by Gasteiger charge is 2.37. The Morgan fingerprint density at radius 3 is 1.93 bits per heavy atom. The molecule has 0 bridgehead atoms. The van der Waals surface area contributed by atoms with Crippen molar-refractivity contribution >= 4 is 22.6 Å². The van der Waals surface area contributed by atoms with Crippen LogP contribution in [0.3, 0.4) is 0 Å². The van der Waals surface area contributed by atoms with Gasteiger partial charge in [0.25, 0.3) is 0 Å². The van der Waals surface area contributed by atoms with Crippen LogP contribution >= 0.6 is 0 Å². The zero-order chi connectivity index (χ0) is 22.5. The third-order valence-electron chi connectivity index (χ3n) is 6.15. The van der Waals surface area contributed by atoms with Crippen LogP contribution in [0.4, 0.5) is 0 Å². The molecular formula is C23H40O4Si2. The molecule has 4 nitrogen and oxygen atoms in total. The third-order valence-corrected chi connectivity index (χ3v) is 15.1. The van der Waals surface area contributed by atoms with Gasteiger partial charge in [0.1, 0.15) is 5.76 Å². The van der Waals surface area contributed by atoms with Crippen molar-refractivity contribution in [3.05, 3.63) is 47.8 Å². The van der Waals surface area contributed by atoms with Crippen molar-refractivity contribution in [3.63, 3.8) is 0 Å². The first-order valence-electron chi connectivity index (χ1n) is 10.3. The highest BCUT2D eigenvalue weighted by molar-refractivity contribution is 6.74. The molecule has 0 saturated heterocycles. The zero-order valence-corrected chi connectivity index (χ0v) is 22.0. The molecule has 1 aliphatic rings. The van der Waals surface area contributed by atoms with Crippen LogP contribution in [0.5, 0.6) is 0 Å². The topological polar surface area (TPSA) is 44.8 Å². The Kier molecular flexibility index (Phi) is 8.66. The van der Waals surface area contributed by atoms with Crippen LogP contribution in [0.2, 0.25) is 36.3 Å². The van der Waals surface area contributed by atoms with E-state index < -0.39 is 16.6 Å². The minimum Gasteiger partial charge on any atom is -0.423 e. The Bertz CT molecular complexity index is 699. The number of allylic oxidation sites excluding steroid dienone is 3. The molecule has 164 valence electrons. The van der Waals surface area contributed by atoms with E-state index in [0.29, 0.717) is 24.5 Å². The number of ether oxygens (including phenoxy) is 1. The van der Waals surface area contributed by atoms with Crippen LogP contribution in [0.15, 0.2) is 47.8 Å². The Morgan fingerprint density at radius 1 is 0.897 bits per heavy atom. The fraction of sp³-hybridized carbons (Fsp3) is 0.609. The molecule has 1 heterocycles. The third kappa shape index (κ3) is 7.85. The fourth-order valence-corrected chi connectivity index (χ4v) is 3.82. The van der Waals surface area contributed by atoms with Gasteiger partial charge in [-0.25, -0.2) is 4.79 Å². The van der Waals surface area contributed by atoms with E-state index in [4.69, 9.17) is 13.6 Å². The lowest BCUT2D eigenvalue weighted by molar-refractivity contribution is -0.132. The predicted molar refractivity (Wildman–Crippen MR) is 127 cm³/mol. The van der Waals surface area contributed by atoms with Crippen LogP contribution in [0.1, 0.15) is 41.5 Å². The summed E-state index contributed by atoms with van der Waals surface area (Å²) in [7, 11) is -3.53. The lowest BCUT2D eigenvalue weighted by Crippen LogP contribution is -2.40. The van der Waals surface area contributed by atoms with Crippen molar-refractivity contribution in [1.29, 1.82) is 0 Å². The predicted octanol–water partition coefficient (Wildman–Crippen LogP) is 6.51. The average Bonchev–Trinajstić information content (AvgIpc) is 2.88. The van der Waals surface area contributed by atoms with Crippen LogP contribution in [0, 0.1) is 0 Å². The summed E-state index contributed by atoms with van der Waals surface area (Å²) in [6.07, 6.45) is 11.1. The van der Waals surface area contributed by atoms with E-state index in [9.17, 15) is 4.79 Å². The number of esters is 1. The first-order valence-corrected chi connectivity index (χ1v) is 16.1. The van der Waals surface area contributed by atoms with Crippen molar-refractivity contribution < 1.29 is 18.4 Å². The van der Waals surface area contributed by atoms with Gasteiger partial charge < -0.3 is 13.6 Å². The second-order valence-electron chi connectivity index (χ2n) is 10.5. The Morgan fingerprint density at radius 2 is 1.41 bits per heavy atom.